The Labute approximate surface area is 201 Å². The third-order valence-corrected chi connectivity index (χ3v) is 6.36. The van der Waals surface area contributed by atoms with Crippen molar-refractivity contribution in [1.29, 1.82) is 0 Å². The Kier molecular flexibility index (Phi) is 7.01. The van der Waals surface area contributed by atoms with Crippen molar-refractivity contribution in [3.8, 4) is 33.3 Å². The Balaban J connectivity index is 1.45. The molecule has 0 saturated heterocycles. The largest absolute Gasteiger partial charge is 0.490 e. The lowest BCUT2D eigenvalue weighted by atomic mass is 10.1. The van der Waals surface area contributed by atoms with Crippen molar-refractivity contribution in [2.75, 3.05) is 13.2 Å². The van der Waals surface area contributed by atoms with E-state index in [0.717, 1.165) is 11.1 Å². The van der Waals surface area contributed by atoms with E-state index in [4.69, 9.17) is 26.2 Å². The van der Waals surface area contributed by atoms with Crippen molar-refractivity contribution >= 4 is 28.9 Å². The minimum Gasteiger partial charge on any atom is -0.490 e. The van der Waals surface area contributed by atoms with Gasteiger partial charge in [-0.2, -0.15) is 5.10 Å². The highest BCUT2D eigenvalue weighted by Crippen LogP contribution is 2.33. The molecular weight excluding hydrogens is 460 g/mol. The van der Waals surface area contributed by atoms with E-state index in [1.807, 2.05) is 31.2 Å². The van der Waals surface area contributed by atoms with E-state index in [1.165, 1.54) is 10.4 Å². The monoisotopic (exact) mass is 482 g/mol. The van der Waals surface area contributed by atoms with Crippen molar-refractivity contribution in [1.82, 2.24) is 9.78 Å². The summed E-state index contributed by atoms with van der Waals surface area (Å²) in [6.45, 7) is 5.30. The number of aryl methyl sites for hydroxylation is 1. The smallest absolute Gasteiger partial charge is 0.335 e. The molecule has 1 N–H and O–H groups in total. The Bertz CT molecular complexity index is 1260. The molecule has 0 aliphatic carbocycles. The molecule has 8 heteroatoms. The average molecular weight is 483 g/mol. The number of carboxylic acids is 1. The van der Waals surface area contributed by atoms with Crippen molar-refractivity contribution < 1.29 is 19.4 Å². The zero-order valence-electron chi connectivity index (χ0n) is 18.2. The molecule has 0 unspecified atom stereocenters. The number of hydrogen-bond donors (Lipinski definition) is 1. The van der Waals surface area contributed by atoms with Gasteiger partial charge in [-0.15, -0.1) is 11.3 Å². The first-order valence-electron chi connectivity index (χ1n) is 10.5. The first kappa shape index (κ1) is 22.9. The maximum atomic E-state index is 11.1. The minimum absolute atomic E-state index is 0.230. The fourth-order valence-corrected chi connectivity index (χ4v) is 4.48. The van der Waals surface area contributed by atoms with Crippen LogP contribution in [0.2, 0.25) is 5.02 Å². The number of carbonyl (C=O) groups is 1. The third kappa shape index (κ3) is 5.38. The lowest BCUT2D eigenvalue weighted by Crippen LogP contribution is -2.11. The van der Waals surface area contributed by atoms with Gasteiger partial charge < -0.3 is 14.6 Å². The lowest BCUT2D eigenvalue weighted by Gasteiger charge is -2.11. The number of aromatic carboxylic acids is 1. The fourth-order valence-electron chi connectivity index (χ4n) is 3.34. The minimum atomic E-state index is -0.962. The number of carboxylic acid groups (broad SMARTS) is 1. The van der Waals surface area contributed by atoms with Crippen molar-refractivity contribution in [3.63, 3.8) is 0 Å². The van der Waals surface area contributed by atoms with Gasteiger partial charge in [0.2, 0.25) is 5.88 Å². The van der Waals surface area contributed by atoms with Crippen LogP contribution in [-0.2, 0) is 6.54 Å². The predicted molar refractivity (Wildman–Crippen MR) is 131 cm³/mol. The van der Waals surface area contributed by atoms with Crippen LogP contribution in [0.1, 0.15) is 22.8 Å². The number of halogens is 1. The molecule has 4 aromatic rings. The normalized spacial score (nSPS) is 10.9. The molecule has 0 aliphatic heterocycles. The highest BCUT2D eigenvalue weighted by Gasteiger charge is 2.13. The second-order valence-corrected chi connectivity index (χ2v) is 8.71. The van der Waals surface area contributed by atoms with Gasteiger partial charge in [-0.05, 0) is 66.8 Å². The van der Waals surface area contributed by atoms with Gasteiger partial charge in [0.25, 0.3) is 0 Å². The molecule has 0 atom stereocenters. The number of thiophene rings is 1. The molecule has 2 heterocycles. The van der Waals surface area contributed by atoms with Gasteiger partial charge in [-0.1, -0.05) is 23.7 Å². The highest BCUT2D eigenvalue weighted by molar-refractivity contribution is 7.13. The molecular formula is C25H23ClN2O4S. The summed E-state index contributed by atoms with van der Waals surface area (Å²) in [5, 5.41) is 16.4. The first-order chi connectivity index (χ1) is 15.9. The molecule has 2 aromatic heterocycles. The number of rotatable bonds is 9. The molecule has 0 spiro atoms. The number of benzene rings is 2. The van der Waals surface area contributed by atoms with Crippen molar-refractivity contribution in [2.24, 2.45) is 0 Å². The zero-order valence-corrected chi connectivity index (χ0v) is 19.8. The van der Waals surface area contributed by atoms with Gasteiger partial charge in [-0.3, -0.25) is 0 Å². The van der Waals surface area contributed by atoms with Gasteiger partial charge in [0, 0.05) is 16.5 Å². The molecule has 0 bridgehead atoms. The summed E-state index contributed by atoms with van der Waals surface area (Å²) in [7, 11) is 0. The lowest BCUT2D eigenvalue weighted by molar-refractivity contribution is 0.0697. The third-order valence-electron chi connectivity index (χ3n) is 4.97. The van der Waals surface area contributed by atoms with E-state index >= 15 is 0 Å². The number of nitrogens with zero attached hydrogens (tertiary/aromatic N) is 2. The molecule has 0 amide bonds. The van der Waals surface area contributed by atoms with Crippen LogP contribution in [0.4, 0.5) is 0 Å². The van der Waals surface area contributed by atoms with E-state index < -0.39 is 5.97 Å². The number of aromatic nitrogens is 2. The molecule has 0 aliphatic rings. The second-order valence-electron chi connectivity index (χ2n) is 7.39. The topological polar surface area (TPSA) is 73.6 Å². The molecule has 0 saturated carbocycles. The fraction of sp³-hybridized carbons (Fsp3) is 0.200. The molecule has 2 aromatic carbocycles. The highest BCUT2D eigenvalue weighted by atomic mass is 35.5. The Morgan fingerprint density at radius 1 is 1.09 bits per heavy atom. The van der Waals surface area contributed by atoms with Gasteiger partial charge >= 0.3 is 5.97 Å². The Morgan fingerprint density at radius 3 is 2.48 bits per heavy atom. The van der Waals surface area contributed by atoms with E-state index in [9.17, 15) is 4.79 Å². The molecule has 33 heavy (non-hydrogen) atoms. The second kappa shape index (κ2) is 10.1. The van der Waals surface area contributed by atoms with Crippen LogP contribution in [0.25, 0.3) is 21.7 Å². The average Bonchev–Trinajstić information content (AvgIpc) is 3.41. The first-order valence-corrected chi connectivity index (χ1v) is 11.7. The predicted octanol–water partition coefficient (Wildman–Crippen LogP) is 6.42. The van der Waals surface area contributed by atoms with E-state index in [1.54, 1.807) is 40.3 Å². The van der Waals surface area contributed by atoms with Crippen LogP contribution in [0.3, 0.4) is 0 Å². The maximum Gasteiger partial charge on any atom is 0.335 e. The summed E-state index contributed by atoms with van der Waals surface area (Å²) < 4.78 is 13.4. The van der Waals surface area contributed by atoms with Crippen LogP contribution >= 0.6 is 22.9 Å². The summed E-state index contributed by atoms with van der Waals surface area (Å²) >= 11 is 8.15. The summed E-state index contributed by atoms with van der Waals surface area (Å²) in [4.78, 5) is 12.2. The number of hydrogen-bond acceptors (Lipinski definition) is 5. The summed E-state index contributed by atoms with van der Waals surface area (Å²) in [6.07, 6.45) is 0. The van der Waals surface area contributed by atoms with E-state index in [-0.39, 0.29) is 5.56 Å². The van der Waals surface area contributed by atoms with Crippen molar-refractivity contribution in [2.45, 2.75) is 20.4 Å². The molecule has 0 radical (unpaired) electrons. The van der Waals surface area contributed by atoms with Gasteiger partial charge in [0.15, 0.2) is 0 Å². The van der Waals surface area contributed by atoms with Crippen LogP contribution in [-0.4, -0.2) is 34.1 Å². The number of ether oxygens (including phenoxy) is 2. The standard InChI is InChI=1S/C25H23ClN2O4S/c1-3-31-24-14-21(17-4-6-18(7-5-17)25(29)30)27-28(24)10-11-32-22-9-8-19(13-20(22)26)23-12-16(2)15-33-23/h4-9,12-15H,3,10-11H2,1-2H3,(H,29,30). The Hall–Kier alpha value is -3.29. The quantitative estimate of drug-likeness (QED) is 0.298. The van der Waals surface area contributed by atoms with E-state index in [2.05, 4.69) is 23.5 Å². The van der Waals surface area contributed by atoms with Gasteiger partial charge in [0.1, 0.15) is 12.4 Å². The van der Waals surface area contributed by atoms with Crippen LogP contribution in [0, 0.1) is 6.92 Å². The van der Waals surface area contributed by atoms with E-state index in [0.29, 0.717) is 42.1 Å². The maximum absolute atomic E-state index is 11.1. The summed E-state index contributed by atoms with van der Waals surface area (Å²) in [5.41, 5.74) is 4.03. The van der Waals surface area contributed by atoms with Crippen LogP contribution < -0.4 is 9.47 Å². The molecule has 0 fully saturated rings. The molecule has 6 nitrogen and oxygen atoms in total. The van der Waals surface area contributed by atoms with Gasteiger partial charge in [-0.25, -0.2) is 9.48 Å². The SMILES string of the molecule is CCOc1cc(-c2ccc(C(=O)O)cc2)nn1CCOc1ccc(-c2cc(C)cs2)cc1Cl. The van der Waals surface area contributed by atoms with Crippen LogP contribution in [0.15, 0.2) is 60.0 Å². The Morgan fingerprint density at radius 2 is 1.85 bits per heavy atom. The zero-order chi connectivity index (χ0) is 23.4. The molecule has 170 valence electrons. The molecule has 4 rings (SSSR count). The van der Waals surface area contributed by atoms with Gasteiger partial charge in [0.05, 0.1) is 29.4 Å². The summed E-state index contributed by atoms with van der Waals surface area (Å²) in [5.74, 6) is 0.271. The van der Waals surface area contributed by atoms with Crippen LogP contribution in [0.5, 0.6) is 11.6 Å². The van der Waals surface area contributed by atoms with Crippen molar-refractivity contribution in [3.05, 3.63) is 76.1 Å². The summed E-state index contributed by atoms with van der Waals surface area (Å²) in [6, 6.07) is 16.4.